The molecule has 1 aliphatic heterocycles. The van der Waals surface area contributed by atoms with Crippen LogP contribution in [0.25, 0.3) is 0 Å². The monoisotopic (exact) mass is 706 g/mol. The standard InChI is InChI=1S/C30H46N10O8S/c31-11-5-4-9-19-26(44)38-18(10-6-12-34-30(32)33)25(43)35-15-24(42)36-21(14-23(41)37-22(16-49)29(47)48)28(46)40-20(27(45)39-19)13-17-7-2-1-3-8-17/h1-3,7-8,18-22,49H,4-6,9-16,31H2,(H,35,43)(H,36,42)(H,37,41)(H,38,44)(H,39,45)(H,40,46)(H,47,48)(H4,32,33,34)/t18-,19-,20+,21-,22+/m0/s1. The second kappa shape index (κ2) is 21.1. The molecular formula is C30H46N10O8S. The van der Waals surface area contributed by atoms with Crippen molar-refractivity contribution in [3.63, 3.8) is 0 Å². The van der Waals surface area contributed by atoms with Gasteiger partial charge in [-0.15, -0.1) is 0 Å². The maximum Gasteiger partial charge on any atom is 0.327 e. The molecule has 1 aromatic rings. The Morgan fingerprint density at radius 2 is 1.47 bits per heavy atom. The molecule has 19 heteroatoms. The first kappa shape index (κ1) is 40.3. The summed E-state index contributed by atoms with van der Waals surface area (Å²) in [5.41, 5.74) is 11.6. The molecular weight excluding hydrogens is 660 g/mol. The van der Waals surface area contributed by atoms with E-state index in [0.717, 1.165) is 0 Å². The number of nitrogens with two attached hydrogens (primary N) is 2. The number of nitrogens with one attached hydrogen (secondary N) is 8. The number of carbonyl (C=O) groups is 7. The quantitative estimate of drug-likeness (QED) is 0.0369. The first-order chi connectivity index (χ1) is 23.3. The summed E-state index contributed by atoms with van der Waals surface area (Å²) in [6.45, 7) is -0.109. The summed E-state index contributed by atoms with van der Waals surface area (Å²) in [4.78, 5) is 91.3. The van der Waals surface area contributed by atoms with Gasteiger partial charge in [-0.05, 0) is 44.2 Å². The van der Waals surface area contributed by atoms with E-state index in [0.29, 0.717) is 24.9 Å². The van der Waals surface area contributed by atoms with Crippen molar-refractivity contribution in [1.82, 2.24) is 37.2 Å². The van der Waals surface area contributed by atoms with Gasteiger partial charge in [-0.2, -0.15) is 12.6 Å². The van der Waals surface area contributed by atoms with Crippen LogP contribution in [0.1, 0.15) is 44.1 Å². The van der Waals surface area contributed by atoms with Gasteiger partial charge in [0.25, 0.3) is 0 Å². The molecule has 1 fully saturated rings. The lowest BCUT2D eigenvalue weighted by Crippen LogP contribution is -2.58. The average molecular weight is 707 g/mol. The molecule has 0 bridgehead atoms. The Labute approximate surface area is 288 Å². The molecule has 5 atom stereocenters. The molecule has 0 aromatic heterocycles. The zero-order valence-corrected chi connectivity index (χ0v) is 27.9. The van der Waals surface area contributed by atoms with Gasteiger partial charge in [0.05, 0.1) is 13.0 Å². The number of benzene rings is 1. The Hall–Kier alpha value is -4.91. The van der Waals surface area contributed by atoms with Crippen molar-refractivity contribution < 1.29 is 38.7 Å². The lowest BCUT2D eigenvalue weighted by Gasteiger charge is -2.26. The number of aliphatic carboxylic acids is 1. The summed E-state index contributed by atoms with van der Waals surface area (Å²) in [6, 6.07) is 2.11. The molecule has 18 nitrogen and oxygen atoms in total. The minimum atomic E-state index is -1.59. The second-order valence-corrected chi connectivity index (χ2v) is 11.7. The van der Waals surface area contributed by atoms with Crippen LogP contribution in [0.5, 0.6) is 0 Å². The number of unbranched alkanes of at least 4 members (excludes halogenated alkanes) is 1. The third-order valence-corrected chi connectivity index (χ3v) is 7.76. The van der Waals surface area contributed by atoms with Gasteiger partial charge in [0, 0.05) is 18.7 Å². The Kier molecular flexibility index (Phi) is 17.4. The van der Waals surface area contributed by atoms with E-state index in [-0.39, 0.29) is 43.9 Å². The van der Waals surface area contributed by atoms with Crippen molar-refractivity contribution >= 4 is 60.0 Å². The number of thiol groups is 1. The van der Waals surface area contributed by atoms with Gasteiger partial charge in [0.1, 0.15) is 30.2 Å². The SMILES string of the molecule is N=C(N)NCCC[C@@H]1NC(=O)[C@H](CCCCN)NC(=O)[C@@H](Cc2ccccc2)NC(=O)[C@H](CC(=O)N[C@H](CS)C(=O)O)NC(=O)CNC1=O. The van der Waals surface area contributed by atoms with E-state index in [1.54, 1.807) is 30.3 Å². The van der Waals surface area contributed by atoms with Gasteiger partial charge in [-0.3, -0.25) is 34.2 Å². The molecule has 0 radical (unpaired) electrons. The highest BCUT2D eigenvalue weighted by atomic mass is 32.1. The molecule has 270 valence electrons. The van der Waals surface area contributed by atoms with E-state index in [9.17, 15) is 38.7 Å². The highest BCUT2D eigenvalue weighted by Crippen LogP contribution is 2.09. The molecule has 1 aromatic carbocycles. The maximum atomic E-state index is 13.8. The predicted molar refractivity (Wildman–Crippen MR) is 181 cm³/mol. The zero-order valence-electron chi connectivity index (χ0n) is 27.0. The summed E-state index contributed by atoms with van der Waals surface area (Å²) in [5, 5.41) is 34.1. The van der Waals surface area contributed by atoms with Crippen LogP contribution in [0.15, 0.2) is 30.3 Å². The van der Waals surface area contributed by atoms with Crippen molar-refractivity contribution in [3.05, 3.63) is 35.9 Å². The Bertz CT molecular complexity index is 1330. The van der Waals surface area contributed by atoms with Crippen molar-refractivity contribution in [2.45, 2.75) is 75.2 Å². The zero-order chi connectivity index (χ0) is 36.3. The van der Waals surface area contributed by atoms with Crippen molar-refractivity contribution in [2.75, 3.05) is 25.4 Å². The van der Waals surface area contributed by atoms with Gasteiger partial charge in [-0.25, -0.2) is 4.79 Å². The lowest BCUT2D eigenvalue weighted by atomic mass is 10.0. The van der Waals surface area contributed by atoms with E-state index >= 15 is 0 Å². The first-order valence-electron chi connectivity index (χ1n) is 15.8. The number of carbonyl (C=O) groups excluding carboxylic acids is 6. The smallest absolute Gasteiger partial charge is 0.327 e. The van der Waals surface area contributed by atoms with Gasteiger partial charge >= 0.3 is 5.97 Å². The highest BCUT2D eigenvalue weighted by molar-refractivity contribution is 7.80. The minimum absolute atomic E-state index is 0.0328. The molecule has 13 N–H and O–H groups in total. The molecule has 1 heterocycles. The maximum absolute atomic E-state index is 13.8. The van der Waals surface area contributed by atoms with Gasteiger partial charge < -0.3 is 53.8 Å². The Balaban J connectivity index is 2.48. The number of rotatable bonds is 15. The number of hydrogen-bond donors (Lipinski definition) is 12. The summed E-state index contributed by atoms with van der Waals surface area (Å²) < 4.78 is 0. The van der Waals surface area contributed by atoms with E-state index in [2.05, 4.69) is 49.8 Å². The fraction of sp³-hybridized carbons (Fsp3) is 0.533. The largest absolute Gasteiger partial charge is 0.480 e. The van der Waals surface area contributed by atoms with E-state index in [4.69, 9.17) is 16.9 Å². The van der Waals surface area contributed by atoms with E-state index < -0.39 is 84.6 Å². The Morgan fingerprint density at radius 3 is 2.08 bits per heavy atom. The molecule has 2 rings (SSSR count). The number of carboxylic acid groups (broad SMARTS) is 1. The van der Waals surface area contributed by atoms with Crippen LogP contribution in [-0.4, -0.2) is 108 Å². The fourth-order valence-electron chi connectivity index (χ4n) is 4.81. The fourth-order valence-corrected chi connectivity index (χ4v) is 5.05. The van der Waals surface area contributed by atoms with E-state index in [1.165, 1.54) is 0 Å². The minimum Gasteiger partial charge on any atom is -0.480 e. The topological polar surface area (TPSA) is 300 Å². The highest BCUT2D eigenvalue weighted by Gasteiger charge is 2.33. The summed E-state index contributed by atoms with van der Waals surface area (Å²) in [6.07, 6.45) is 0.747. The number of carboxylic acids is 1. The van der Waals surface area contributed by atoms with Gasteiger partial charge in [0.2, 0.25) is 35.4 Å². The molecule has 0 saturated carbocycles. The van der Waals surface area contributed by atoms with Crippen LogP contribution in [-0.2, 0) is 40.0 Å². The van der Waals surface area contributed by atoms with Crippen LogP contribution in [0.2, 0.25) is 0 Å². The molecule has 0 spiro atoms. The molecule has 0 aliphatic carbocycles. The molecule has 1 saturated heterocycles. The predicted octanol–water partition coefficient (Wildman–Crippen LogP) is -3.42. The summed E-state index contributed by atoms with van der Waals surface area (Å²) >= 11 is 3.91. The third kappa shape index (κ3) is 14.8. The van der Waals surface area contributed by atoms with Crippen LogP contribution >= 0.6 is 12.6 Å². The number of guanidine groups is 1. The van der Waals surface area contributed by atoms with Crippen LogP contribution in [0, 0.1) is 5.41 Å². The normalized spacial score (nSPS) is 21.3. The van der Waals surface area contributed by atoms with Gasteiger partial charge in [-0.1, -0.05) is 30.3 Å². The van der Waals surface area contributed by atoms with Gasteiger partial charge in [0.15, 0.2) is 5.96 Å². The van der Waals surface area contributed by atoms with Crippen molar-refractivity contribution in [2.24, 2.45) is 11.5 Å². The summed E-state index contributed by atoms with van der Waals surface area (Å²) in [7, 11) is 0. The Morgan fingerprint density at radius 1 is 0.878 bits per heavy atom. The number of hydrogen-bond acceptors (Lipinski definition) is 10. The summed E-state index contributed by atoms with van der Waals surface area (Å²) in [5.74, 6) is -6.80. The van der Waals surface area contributed by atoms with Crippen molar-refractivity contribution in [3.8, 4) is 0 Å². The van der Waals surface area contributed by atoms with Crippen molar-refractivity contribution in [1.29, 1.82) is 5.41 Å². The second-order valence-electron chi connectivity index (χ2n) is 11.3. The molecule has 49 heavy (non-hydrogen) atoms. The lowest BCUT2D eigenvalue weighted by molar-refractivity contribution is -0.141. The van der Waals surface area contributed by atoms with E-state index in [1.807, 2.05) is 0 Å². The third-order valence-electron chi connectivity index (χ3n) is 7.39. The number of amides is 6. The average Bonchev–Trinajstić information content (AvgIpc) is 3.06. The van der Waals surface area contributed by atoms with Crippen LogP contribution in [0.3, 0.4) is 0 Å². The van der Waals surface area contributed by atoms with Crippen LogP contribution < -0.4 is 48.7 Å². The molecule has 0 unspecified atom stereocenters. The molecule has 6 amide bonds. The van der Waals surface area contributed by atoms with Crippen LogP contribution in [0.4, 0.5) is 0 Å². The molecule has 1 aliphatic rings. The first-order valence-corrected chi connectivity index (χ1v) is 16.4.